The number of para-hydroxylation sites is 3. The van der Waals surface area contributed by atoms with Crippen molar-refractivity contribution >= 4 is 59.9 Å². The Morgan fingerprint density at radius 2 is 1.09 bits per heavy atom. The third-order valence-corrected chi connectivity index (χ3v) is 7.01. The molecule has 0 fully saturated rings. The first-order valence-electron chi connectivity index (χ1n) is 11.1. The number of rotatable bonds is 1. The van der Waals surface area contributed by atoms with Gasteiger partial charge in [-0.3, -0.25) is 8.97 Å². The van der Waals surface area contributed by atoms with Crippen LogP contribution in [0, 0.1) is 0 Å². The summed E-state index contributed by atoms with van der Waals surface area (Å²) >= 11 is 0. The molecule has 8 aromatic rings. The standard InChI is InChI=1S/C30H18N2/c1-2-11-20(12-3-1)31-25-16-8-7-15-23(25)28-24-18-19-10-4-5-13-21(19)27-22-14-6-9-17-26(22)32(29(24)27)30(28)31/h1-18H. The molecule has 0 spiro atoms. The molecule has 0 bridgehead atoms. The lowest BCUT2D eigenvalue weighted by atomic mass is 10.00. The van der Waals surface area contributed by atoms with Gasteiger partial charge in [-0.15, -0.1) is 0 Å². The summed E-state index contributed by atoms with van der Waals surface area (Å²) < 4.78 is 4.93. The minimum Gasteiger partial charge on any atom is -0.295 e. The molecule has 148 valence electrons. The van der Waals surface area contributed by atoms with E-state index in [-0.39, 0.29) is 0 Å². The molecule has 0 radical (unpaired) electrons. The summed E-state index contributed by atoms with van der Waals surface area (Å²) in [7, 11) is 0. The topological polar surface area (TPSA) is 9.34 Å². The summed E-state index contributed by atoms with van der Waals surface area (Å²) in [5, 5.41) is 9.25. The van der Waals surface area contributed by atoms with Crippen molar-refractivity contribution in [2.75, 3.05) is 0 Å². The number of hydrogen-bond acceptors (Lipinski definition) is 0. The van der Waals surface area contributed by atoms with Crippen molar-refractivity contribution in [2.45, 2.75) is 0 Å². The van der Waals surface area contributed by atoms with E-state index in [9.17, 15) is 0 Å². The second-order valence-corrected chi connectivity index (χ2v) is 8.61. The Balaban J connectivity index is 1.80. The summed E-state index contributed by atoms with van der Waals surface area (Å²) in [6.07, 6.45) is 0. The van der Waals surface area contributed by atoms with Crippen LogP contribution in [0.15, 0.2) is 109 Å². The Morgan fingerprint density at radius 1 is 0.469 bits per heavy atom. The lowest BCUT2D eigenvalue weighted by molar-refractivity contribution is 1.12. The van der Waals surface area contributed by atoms with Gasteiger partial charge in [0, 0.05) is 32.6 Å². The third kappa shape index (κ3) is 1.82. The predicted molar refractivity (Wildman–Crippen MR) is 135 cm³/mol. The monoisotopic (exact) mass is 406 g/mol. The van der Waals surface area contributed by atoms with E-state index in [1.807, 2.05) is 0 Å². The molecule has 32 heavy (non-hydrogen) atoms. The van der Waals surface area contributed by atoms with Crippen LogP contribution in [0.2, 0.25) is 0 Å². The fraction of sp³-hybridized carbons (Fsp3) is 0. The van der Waals surface area contributed by atoms with Gasteiger partial charge in [0.15, 0.2) is 0 Å². The van der Waals surface area contributed by atoms with Gasteiger partial charge in [-0.05, 0) is 41.1 Å². The van der Waals surface area contributed by atoms with Gasteiger partial charge in [0.25, 0.3) is 0 Å². The molecule has 5 aromatic carbocycles. The van der Waals surface area contributed by atoms with Crippen molar-refractivity contribution in [3.8, 4) is 5.69 Å². The molecule has 0 unspecified atom stereocenters. The van der Waals surface area contributed by atoms with E-state index < -0.39 is 0 Å². The van der Waals surface area contributed by atoms with E-state index in [4.69, 9.17) is 0 Å². The van der Waals surface area contributed by atoms with Crippen molar-refractivity contribution in [3.63, 3.8) is 0 Å². The van der Waals surface area contributed by atoms with Gasteiger partial charge in [0.1, 0.15) is 5.65 Å². The maximum atomic E-state index is 2.49. The molecule has 0 saturated heterocycles. The number of hydrogen-bond donors (Lipinski definition) is 0. The summed E-state index contributed by atoms with van der Waals surface area (Å²) in [5.74, 6) is 0. The van der Waals surface area contributed by atoms with E-state index >= 15 is 0 Å². The molecule has 0 aliphatic carbocycles. The van der Waals surface area contributed by atoms with E-state index in [1.165, 1.54) is 65.6 Å². The van der Waals surface area contributed by atoms with E-state index in [1.54, 1.807) is 0 Å². The van der Waals surface area contributed by atoms with Gasteiger partial charge in [0.05, 0.1) is 16.6 Å². The van der Waals surface area contributed by atoms with Crippen LogP contribution in [0.1, 0.15) is 0 Å². The highest BCUT2D eigenvalue weighted by molar-refractivity contribution is 6.34. The van der Waals surface area contributed by atoms with Gasteiger partial charge >= 0.3 is 0 Å². The maximum Gasteiger partial charge on any atom is 0.131 e. The average molecular weight is 406 g/mol. The summed E-state index contributed by atoms with van der Waals surface area (Å²) in [6, 6.07) is 39.6. The zero-order valence-electron chi connectivity index (χ0n) is 17.3. The van der Waals surface area contributed by atoms with Crippen LogP contribution < -0.4 is 0 Å². The summed E-state index contributed by atoms with van der Waals surface area (Å²) in [5.41, 5.74) is 6.26. The van der Waals surface area contributed by atoms with Gasteiger partial charge in [0.2, 0.25) is 0 Å². The molecule has 0 N–H and O–H groups in total. The molecule has 0 aliphatic rings. The minimum absolute atomic E-state index is 1.19. The van der Waals surface area contributed by atoms with Crippen LogP contribution in [0.3, 0.4) is 0 Å². The number of fused-ring (bicyclic) bond motifs is 10. The maximum absolute atomic E-state index is 2.49. The lowest BCUT2D eigenvalue weighted by Crippen LogP contribution is -1.96. The Bertz CT molecular complexity index is 1970. The SMILES string of the molecule is c1ccc(-n2c3ccccc3c3c4cc5ccccc5c5c6ccccc6n(c45)c32)cc1. The van der Waals surface area contributed by atoms with Crippen LogP contribution in [0.25, 0.3) is 65.6 Å². The lowest BCUT2D eigenvalue weighted by Gasteiger charge is -2.08. The van der Waals surface area contributed by atoms with Crippen LogP contribution in [-0.4, -0.2) is 8.97 Å². The smallest absolute Gasteiger partial charge is 0.131 e. The van der Waals surface area contributed by atoms with Crippen molar-refractivity contribution < 1.29 is 0 Å². The molecule has 0 saturated carbocycles. The molecule has 8 rings (SSSR count). The van der Waals surface area contributed by atoms with Crippen LogP contribution >= 0.6 is 0 Å². The van der Waals surface area contributed by atoms with Crippen molar-refractivity contribution in [2.24, 2.45) is 0 Å². The summed E-state index contributed by atoms with van der Waals surface area (Å²) in [4.78, 5) is 0. The zero-order chi connectivity index (χ0) is 20.8. The minimum atomic E-state index is 1.19. The number of benzene rings is 5. The fourth-order valence-electron chi connectivity index (χ4n) is 5.79. The Morgan fingerprint density at radius 3 is 1.91 bits per heavy atom. The molecule has 2 heteroatoms. The highest BCUT2D eigenvalue weighted by Crippen LogP contribution is 2.46. The molecule has 0 aliphatic heterocycles. The first-order valence-corrected chi connectivity index (χ1v) is 11.1. The Labute approximate surface area is 183 Å². The molecule has 2 nitrogen and oxygen atoms in total. The highest BCUT2D eigenvalue weighted by Gasteiger charge is 2.24. The van der Waals surface area contributed by atoms with Crippen LogP contribution in [-0.2, 0) is 0 Å². The van der Waals surface area contributed by atoms with E-state index in [0.717, 1.165) is 0 Å². The van der Waals surface area contributed by atoms with Crippen molar-refractivity contribution in [1.82, 2.24) is 8.97 Å². The van der Waals surface area contributed by atoms with Gasteiger partial charge in [-0.1, -0.05) is 78.9 Å². The first kappa shape index (κ1) is 16.4. The van der Waals surface area contributed by atoms with E-state index in [0.29, 0.717) is 0 Å². The molecular weight excluding hydrogens is 388 g/mol. The zero-order valence-corrected chi connectivity index (χ0v) is 17.3. The highest BCUT2D eigenvalue weighted by atomic mass is 15.1. The molecule has 0 amide bonds. The van der Waals surface area contributed by atoms with Gasteiger partial charge in [-0.25, -0.2) is 0 Å². The molecule has 3 aromatic heterocycles. The van der Waals surface area contributed by atoms with Crippen molar-refractivity contribution in [1.29, 1.82) is 0 Å². The van der Waals surface area contributed by atoms with Crippen molar-refractivity contribution in [3.05, 3.63) is 109 Å². The Hall–Kier alpha value is -4.30. The van der Waals surface area contributed by atoms with Crippen LogP contribution in [0.5, 0.6) is 0 Å². The van der Waals surface area contributed by atoms with Crippen LogP contribution in [0.4, 0.5) is 0 Å². The molecular formula is C30H18N2. The van der Waals surface area contributed by atoms with Gasteiger partial charge in [-0.2, -0.15) is 0 Å². The molecule has 0 atom stereocenters. The summed E-state index contributed by atoms with van der Waals surface area (Å²) in [6.45, 7) is 0. The quantitative estimate of drug-likeness (QED) is 0.262. The number of nitrogens with zero attached hydrogens (tertiary/aromatic N) is 2. The largest absolute Gasteiger partial charge is 0.295 e. The van der Waals surface area contributed by atoms with Gasteiger partial charge < -0.3 is 0 Å². The fourth-order valence-corrected chi connectivity index (χ4v) is 5.79. The first-order chi connectivity index (χ1) is 15.9. The Kier molecular flexibility index (Phi) is 2.91. The normalized spacial score (nSPS) is 12.4. The molecule has 3 heterocycles. The number of aromatic nitrogens is 2. The third-order valence-electron chi connectivity index (χ3n) is 7.01. The second-order valence-electron chi connectivity index (χ2n) is 8.61. The average Bonchev–Trinajstić information content (AvgIpc) is 3.48. The second kappa shape index (κ2) is 5.68. The predicted octanol–water partition coefficient (Wildman–Crippen LogP) is 7.93. The van der Waals surface area contributed by atoms with E-state index in [2.05, 4.69) is 118 Å².